The van der Waals surface area contributed by atoms with E-state index in [1.54, 1.807) is 36.4 Å². The number of phenols is 1. The van der Waals surface area contributed by atoms with Gasteiger partial charge in [0.15, 0.2) is 12.0 Å². The molecule has 0 bridgehead atoms. The van der Waals surface area contributed by atoms with Gasteiger partial charge in [-0.05, 0) is 24.3 Å². The molecule has 0 atom stereocenters. The molecule has 0 radical (unpaired) electrons. The number of hydrogen-bond acceptors (Lipinski definition) is 7. The number of phenolic OH excluding ortho intramolecular Hbond substituents is 1. The SMILES string of the molecule is NC(=Nc1ccc(Cl)cc1)NOC(=O)COc1cc(O)c2c(=O)cc(-c3ccccc3)oc2c1. The van der Waals surface area contributed by atoms with Crippen LogP contribution in [-0.4, -0.2) is 23.6 Å². The van der Waals surface area contributed by atoms with Gasteiger partial charge >= 0.3 is 5.97 Å². The van der Waals surface area contributed by atoms with Gasteiger partial charge in [0.25, 0.3) is 0 Å². The van der Waals surface area contributed by atoms with E-state index < -0.39 is 18.0 Å². The molecular weight excluding hydrogens is 462 g/mol. The van der Waals surface area contributed by atoms with Gasteiger partial charge in [-0.3, -0.25) is 4.79 Å². The van der Waals surface area contributed by atoms with Gasteiger partial charge in [0.1, 0.15) is 28.2 Å². The number of fused-ring (bicyclic) bond motifs is 1. The summed E-state index contributed by atoms with van der Waals surface area (Å²) in [6.07, 6.45) is 0. The molecule has 1 aromatic heterocycles. The highest BCUT2D eigenvalue weighted by atomic mass is 35.5. The highest BCUT2D eigenvalue weighted by molar-refractivity contribution is 6.30. The zero-order valence-electron chi connectivity index (χ0n) is 17.5. The van der Waals surface area contributed by atoms with E-state index in [4.69, 9.17) is 31.3 Å². The minimum Gasteiger partial charge on any atom is -0.507 e. The molecule has 4 rings (SSSR count). The minimum atomic E-state index is -0.812. The molecule has 4 aromatic rings. The maximum atomic E-state index is 12.5. The molecule has 10 heteroatoms. The monoisotopic (exact) mass is 479 g/mol. The fourth-order valence-electron chi connectivity index (χ4n) is 3.03. The molecule has 0 unspecified atom stereocenters. The van der Waals surface area contributed by atoms with Crippen LogP contribution in [0.25, 0.3) is 22.3 Å². The third-order valence-corrected chi connectivity index (χ3v) is 4.80. The number of hydroxylamine groups is 1. The topological polar surface area (TPSA) is 136 Å². The Kier molecular flexibility index (Phi) is 6.65. The van der Waals surface area contributed by atoms with Crippen molar-refractivity contribution in [3.05, 3.63) is 88.0 Å². The summed E-state index contributed by atoms with van der Waals surface area (Å²) in [5, 5.41) is 10.8. The molecule has 0 aliphatic carbocycles. The highest BCUT2D eigenvalue weighted by Gasteiger charge is 2.14. The van der Waals surface area contributed by atoms with Crippen molar-refractivity contribution in [3.8, 4) is 22.8 Å². The molecule has 0 aliphatic heterocycles. The van der Waals surface area contributed by atoms with Crippen LogP contribution >= 0.6 is 11.6 Å². The Balaban J connectivity index is 1.43. The summed E-state index contributed by atoms with van der Waals surface area (Å²) in [5.41, 5.74) is 8.77. The Hall–Kier alpha value is -4.50. The second-order valence-electron chi connectivity index (χ2n) is 6.99. The third kappa shape index (κ3) is 5.45. The first-order valence-electron chi connectivity index (χ1n) is 9.93. The summed E-state index contributed by atoms with van der Waals surface area (Å²) in [5.74, 6) is -0.888. The lowest BCUT2D eigenvalue weighted by Gasteiger charge is -2.10. The predicted octanol–water partition coefficient (Wildman–Crippen LogP) is 3.89. The maximum absolute atomic E-state index is 12.5. The Bertz CT molecular complexity index is 1420. The van der Waals surface area contributed by atoms with Crippen molar-refractivity contribution in [1.29, 1.82) is 0 Å². The molecule has 0 saturated heterocycles. The van der Waals surface area contributed by atoms with Crippen molar-refractivity contribution in [2.75, 3.05) is 6.61 Å². The number of carbonyl (C=O) groups is 1. The Morgan fingerprint density at radius 3 is 2.56 bits per heavy atom. The Morgan fingerprint density at radius 2 is 1.82 bits per heavy atom. The zero-order valence-corrected chi connectivity index (χ0v) is 18.3. The first-order valence-corrected chi connectivity index (χ1v) is 10.3. The van der Waals surface area contributed by atoms with Gasteiger partial charge in [0.2, 0.25) is 5.96 Å². The van der Waals surface area contributed by atoms with E-state index in [1.807, 2.05) is 18.2 Å². The summed E-state index contributed by atoms with van der Waals surface area (Å²) in [6, 6.07) is 19.5. The molecule has 1 heterocycles. The van der Waals surface area contributed by atoms with Gasteiger partial charge < -0.3 is 24.8 Å². The van der Waals surface area contributed by atoms with Crippen molar-refractivity contribution in [3.63, 3.8) is 0 Å². The number of nitrogens with two attached hydrogens (primary N) is 1. The lowest BCUT2D eigenvalue weighted by atomic mass is 10.1. The van der Waals surface area contributed by atoms with Crippen molar-refractivity contribution < 1.29 is 23.9 Å². The zero-order chi connectivity index (χ0) is 24.1. The average molecular weight is 480 g/mol. The van der Waals surface area contributed by atoms with Crippen LogP contribution in [0.15, 0.2) is 87.0 Å². The Morgan fingerprint density at radius 1 is 1.09 bits per heavy atom. The lowest BCUT2D eigenvalue weighted by molar-refractivity contribution is -0.150. The van der Waals surface area contributed by atoms with Crippen LogP contribution in [0, 0.1) is 0 Å². The van der Waals surface area contributed by atoms with Gasteiger partial charge in [-0.2, -0.15) is 5.48 Å². The van der Waals surface area contributed by atoms with Gasteiger partial charge in [-0.1, -0.05) is 41.9 Å². The van der Waals surface area contributed by atoms with E-state index in [1.165, 1.54) is 18.2 Å². The lowest BCUT2D eigenvalue weighted by Crippen LogP contribution is -2.35. The van der Waals surface area contributed by atoms with Gasteiger partial charge in [-0.25, -0.2) is 9.79 Å². The molecule has 0 spiro atoms. The number of nitrogens with one attached hydrogen (secondary N) is 1. The molecule has 34 heavy (non-hydrogen) atoms. The summed E-state index contributed by atoms with van der Waals surface area (Å²) in [4.78, 5) is 33.3. The number of nitrogens with zero attached hydrogens (tertiary/aromatic N) is 1. The molecular formula is C24H18ClN3O6. The van der Waals surface area contributed by atoms with Crippen LogP contribution in [0.3, 0.4) is 0 Å². The van der Waals surface area contributed by atoms with E-state index in [2.05, 4.69) is 10.5 Å². The van der Waals surface area contributed by atoms with Gasteiger partial charge in [0.05, 0.1) is 5.69 Å². The largest absolute Gasteiger partial charge is 0.507 e. The molecule has 0 amide bonds. The number of aromatic hydroxyl groups is 1. The number of ether oxygens (including phenoxy) is 1. The normalized spacial score (nSPS) is 11.3. The second kappa shape index (κ2) is 9.97. The summed E-state index contributed by atoms with van der Waals surface area (Å²) < 4.78 is 11.2. The summed E-state index contributed by atoms with van der Waals surface area (Å²) in [7, 11) is 0. The molecule has 9 nitrogen and oxygen atoms in total. The maximum Gasteiger partial charge on any atom is 0.369 e. The predicted molar refractivity (Wildman–Crippen MR) is 127 cm³/mol. The summed E-state index contributed by atoms with van der Waals surface area (Å²) in [6.45, 7) is -0.519. The highest BCUT2D eigenvalue weighted by Crippen LogP contribution is 2.31. The van der Waals surface area contributed by atoms with Crippen LogP contribution in [0.4, 0.5) is 5.69 Å². The first kappa shape index (κ1) is 22.7. The van der Waals surface area contributed by atoms with E-state index in [-0.39, 0.29) is 28.4 Å². The Labute approximate surface area is 198 Å². The van der Waals surface area contributed by atoms with Crippen LogP contribution in [0.5, 0.6) is 11.5 Å². The molecule has 3 aromatic carbocycles. The molecule has 4 N–H and O–H groups in total. The van der Waals surface area contributed by atoms with Crippen LogP contribution in [0.1, 0.15) is 0 Å². The number of carbonyl (C=O) groups excluding carboxylic acids is 1. The molecule has 172 valence electrons. The number of halogens is 1. The van der Waals surface area contributed by atoms with Crippen LogP contribution in [0.2, 0.25) is 5.02 Å². The fourth-order valence-corrected chi connectivity index (χ4v) is 3.16. The third-order valence-electron chi connectivity index (χ3n) is 4.54. The van der Waals surface area contributed by atoms with Gasteiger partial charge in [-0.15, -0.1) is 0 Å². The number of guanidine groups is 1. The van der Waals surface area contributed by atoms with Gasteiger partial charge in [0, 0.05) is 28.8 Å². The quantitative estimate of drug-likeness (QED) is 0.223. The number of benzene rings is 3. The van der Waals surface area contributed by atoms with Crippen molar-refractivity contribution in [2.24, 2.45) is 10.7 Å². The fraction of sp³-hybridized carbons (Fsp3) is 0.0417. The van der Waals surface area contributed by atoms with Crippen molar-refractivity contribution in [2.45, 2.75) is 0 Å². The standard InChI is InChI=1S/C24H18ClN3O6/c25-15-6-8-16(9-7-15)27-24(26)28-34-22(31)13-32-17-10-18(29)23-19(30)12-20(33-21(23)11-17)14-4-2-1-3-5-14/h1-12,29H,13H2,(H3,26,27,28). The smallest absolute Gasteiger partial charge is 0.369 e. The first-order chi connectivity index (χ1) is 16.4. The number of aliphatic imine (C=N–C) groups is 1. The van der Waals surface area contributed by atoms with E-state index in [0.717, 1.165) is 0 Å². The van der Waals surface area contributed by atoms with Crippen molar-refractivity contribution in [1.82, 2.24) is 5.48 Å². The average Bonchev–Trinajstić information content (AvgIpc) is 2.83. The van der Waals surface area contributed by atoms with E-state index in [9.17, 15) is 14.7 Å². The number of rotatable bonds is 5. The van der Waals surface area contributed by atoms with Crippen LogP contribution < -0.4 is 21.4 Å². The molecule has 0 saturated carbocycles. The van der Waals surface area contributed by atoms with Crippen molar-refractivity contribution >= 4 is 40.2 Å². The molecule has 0 aliphatic rings. The summed E-state index contributed by atoms with van der Waals surface area (Å²) >= 11 is 5.81. The minimum absolute atomic E-state index is 0.00228. The van der Waals surface area contributed by atoms with E-state index >= 15 is 0 Å². The molecule has 0 fully saturated rings. The number of hydrogen-bond donors (Lipinski definition) is 3. The van der Waals surface area contributed by atoms with E-state index in [0.29, 0.717) is 22.0 Å². The second-order valence-corrected chi connectivity index (χ2v) is 7.43. The van der Waals surface area contributed by atoms with Crippen LogP contribution in [-0.2, 0) is 9.63 Å².